The highest BCUT2D eigenvalue weighted by molar-refractivity contribution is 5.81. The maximum absolute atomic E-state index is 11.8. The van der Waals surface area contributed by atoms with Crippen LogP contribution < -0.4 is 10.6 Å². The Morgan fingerprint density at radius 3 is 3.06 bits per heavy atom. The predicted molar refractivity (Wildman–Crippen MR) is 66.3 cm³/mol. The molecule has 1 heterocycles. The number of nitrogens with zero attached hydrogens (tertiary/aromatic N) is 1. The molecule has 0 aromatic rings. The first-order valence-corrected chi connectivity index (χ1v) is 5.99. The molecule has 0 aliphatic carbocycles. The van der Waals surface area contributed by atoms with Crippen LogP contribution in [0.25, 0.3) is 0 Å². The molecule has 0 bridgehead atoms. The van der Waals surface area contributed by atoms with Gasteiger partial charge >= 0.3 is 0 Å². The van der Waals surface area contributed by atoms with Gasteiger partial charge in [0.2, 0.25) is 5.91 Å². The van der Waals surface area contributed by atoms with E-state index < -0.39 is 0 Å². The minimum Gasteiger partial charge on any atom is -0.351 e. The molecule has 0 radical (unpaired) electrons. The molecule has 16 heavy (non-hydrogen) atoms. The highest BCUT2D eigenvalue weighted by atomic mass is 16.2. The number of nitrogens with one attached hydrogen (secondary N) is 2. The van der Waals surface area contributed by atoms with Crippen molar-refractivity contribution in [3.63, 3.8) is 0 Å². The normalized spacial score (nSPS) is 23.8. The third kappa shape index (κ3) is 3.61. The van der Waals surface area contributed by atoms with Crippen LogP contribution in [0.1, 0.15) is 19.8 Å². The highest BCUT2D eigenvalue weighted by Gasteiger charge is 2.26. The summed E-state index contributed by atoms with van der Waals surface area (Å²) in [7, 11) is 1.98. The Labute approximate surface area is 98.1 Å². The molecule has 1 rings (SSSR count). The van der Waals surface area contributed by atoms with E-state index in [1.54, 1.807) is 6.08 Å². The Balaban J connectivity index is 2.42. The average Bonchev–Trinajstić information content (AvgIpc) is 2.35. The smallest absolute Gasteiger partial charge is 0.237 e. The number of rotatable bonds is 5. The van der Waals surface area contributed by atoms with Crippen LogP contribution in [-0.4, -0.2) is 49.6 Å². The maximum Gasteiger partial charge on any atom is 0.237 e. The number of piperidine rings is 1. The van der Waals surface area contributed by atoms with Gasteiger partial charge in [0, 0.05) is 19.1 Å². The van der Waals surface area contributed by atoms with E-state index in [1.807, 2.05) is 14.0 Å². The van der Waals surface area contributed by atoms with Gasteiger partial charge in [-0.1, -0.05) is 6.08 Å². The Kier molecular flexibility index (Phi) is 5.49. The van der Waals surface area contributed by atoms with Crippen LogP contribution in [0.5, 0.6) is 0 Å². The third-order valence-corrected chi connectivity index (χ3v) is 3.21. The van der Waals surface area contributed by atoms with E-state index in [4.69, 9.17) is 0 Å². The van der Waals surface area contributed by atoms with Gasteiger partial charge in [0.25, 0.3) is 0 Å². The van der Waals surface area contributed by atoms with Crippen molar-refractivity contribution < 1.29 is 4.79 Å². The van der Waals surface area contributed by atoms with Gasteiger partial charge in [-0.25, -0.2) is 0 Å². The number of carbonyl (C=O) groups is 1. The SMILES string of the molecule is C=CCNC(=O)C(C)N1CCCC(NC)C1. The van der Waals surface area contributed by atoms with Gasteiger partial charge in [0.05, 0.1) is 6.04 Å². The second-order valence-corrected chi connectivity index (χ2v) is 4.33. The largest absolute Gasteiger partial charge is 0.351 e. The summed E-state index contributed by atoms with van der Waals surface area (Å²) >= 11 is 0. The van der Waals surface area contributed by atoms with Crippen LogP contribution >= 0.6 is 0 Å². The monoisotopic (exact) mass is 225 g/mol. The van der Waals surface area contributed by atoms with Crippen molar-refractivity contribution in [2.45, 2.75) is 31.8 Å². The van der Waals surface area contributed by atoms with Crippen LogP contribution in [-0.2, 0) is 4.79 Å². The molecule has 2 N–H and O–H groups in total. The Hall–Kier alpha value is -0.870. The molecule has 0 aromatic heterocycles. The van der Waals surface area contributed by atoms with Gasteiger partial charge in [0.15, 0.2) is 0 Å². The van der Waals surface area contributed by atoms with Crippen molar-refractivity contribution in [3.8, 4) is 0 Å². The second-order valence-electron chi connectivity index (χ2n) is 4.33. The molecule has 1 saturated heterocycles. The molecule has 1 aliphatic heterocycles. The first-order valence-electron chi connectivity index (χ1n) is 5.99. The summed E-state index contributed by atoms with van der Waals surface area (Å²) in [6.07, 6.45) is 4.07. The minimum absolute atomic E-state index is 0.0453. The number of carbonyl (C=O) groups excluding carboxylic acids is 1. The molecule has 0 saturated carbocycles. The fourth-order valence-corrected chi connectivity index (χ4v) is 2.08. The molecular weight excluding hydrogens is 202 g/mol. The zero-order valence-corrected chi connectivity index (χ0v) is 10.3. The van der Waals surface area contributed by atoms with E-state index in [1.165, 1.54) is 6.42 Å². The molecule has 1 amide bonds. The lowest BCUT2D eigenvalue weighted by Crippen LogP contribution is -2.52. The summed E-state index contributed by atoms with van der Waals surface area (Å²) in [5.41, 5.74) is 0. The quantitative estimate of drug-likeness (QED) is 0.664. The van der Waals surface area contributed by atoms with Crippen molar-refractivity contribution in [2.75, 3.05) is 26.7 Å². The van der Waals surface area contributed by atoms with Crippen molar-refractivity contribution in [3.05, 3.63) is 12.7 Å². The summed E-state index contributed by atoms with van der Waals surface area (Å²) in [5, 5.41) is 6.12. The Morgan fingerprint density at radius 2 is 2.44 bits per heavy atom. The molecule has 0 aromatic carbocycles. The third-order valence-electron chi connectivity index (χ3n) is 3.21. The predicted octanol–water partition coefficient (Wildman–Crippen LogP) is 0.361. The van der Waals surface area contributed by atoms with E-state index in [-0.39, 0.29) is 11.9 Å². The first kappa shape index (κ1) is 13.2. The summed E-state index contributed by atoms with van der Waals surface area (Å²) in [6, 6.07) is 0.472. The fourth-order valence-electron chi connectivity index (χ4n) is 2.08. The van der Waals surface area contributed by atoms with Gasteiger partial charge in [-0.05, 0) is 33.4 Å². The van der Waals surface area contributed by atoms with Crippen LogP contribution in [0.3, 0.4) is 0 Å². The first-order chi connectivity index (χ1) is 7.69. The summed E-state index contributed by atoms with van der Waals surface area (Å²) in [4.78, 5) is 14.0. The van der Waals surface area contributed by atoms with Crippen molar-refractivity contribution in [1.29, 1.82) is 0 Å². The molecule has 1 aliphatic rings. The van der Waals surface area contributed by atoms with Crippen LogP contribution in [0.15, 0.2) is 12.7 Å². The molecule has 92 valence electrons. The van der Waals surface area contributed by atoms with Crippen LogP contribution in [0.2, 0.25) is 0 Å². The topological polar surface area (TPSA) is 44.4 Å². The van der Waals surface area contributed by atoms with Crippen molar-refractivity contribution >= 4 is 5.91 Å². The number of hydrogen-bond acceptors (Lipinski definition) is 3. The zero-order valence-electron chi connectivity index (χ0n) is 10.3. The molecule has 1 fully saturated rings. The molecule has 4 heteroatoms. The maximum atomic E-state index is 11.8. The Morgan fingerprint density at radius 1 is 1.69 bits per heavy atom. The number of amides is 1. The summed E-state index contributed by atoms with van der Waals surface area (Å²) in [5.74, 6) is 0.0941. The lowest BCUT2D eigenvalue weighted by Gasteiger charge is -2.35. The average molecular weight is 225 g/mol. The van der Waals surface area contributed by atoms with E-state index in [0.717, 1.165) is 19.5 Å². The molecule has 4 nitrogen and oxygen atoms in total. The van der Waals surface area contributed by atoms with Gasteiger partial charge < -0.3 is 10.6 Å². The molecule has 2 unspecified atom stereocenters. The number of hydrogen-bond donors (Lipinski definition) is 2. The van der Waals surface area contributed by atoms with Gasteiger partial charge in [-0.3, -0.25) is 9.69 Å². The summed E-state index contributed by atoms with van der Waals surface area (Å²) in [6.45, 7) is 8.08. The minimum atomic E-state index is -0.0453. The van der Waals surface area contributed by atoms with E-state index in [0.29, 0.717) is 12.6 Å². The Bertz CT molecular complexity index is 242. The second kappa shape index (κ2) is 6.66. The lowest BCUT2D eigenvalue weighted by atomic mass is 10.0. The summed E-state index contributed by atoms with van der Waals surface area (Å²) < 4.78 is 0. The van der Waals surface area contributed by atoms with Gasteiger partial charge in [-0.2, -0.15) is 0 Å². The van der Waals surface area contributed by atoms with Gasteiger partial charge in [0.1, 0.15) is 0 Å². The zero-order chi connectivity index (χ0) is 12.0. The van der Waals surface area contributed by atoms with Crippen LogP contribution in [0.4, 0.5) is 0 Å². The lowest BCUT2D eigenvalue weighted by molar-refractivity contribution is -0.126. The van der Waals surface area contributed by atoms with E-state index in [9.17, 15) is 4.79 Å². The number of likely N-dealkylation sites (tertiary alicyclic amines) is 1. The number of likely N-dealkylation sites (N-methyl/N-ethyl adjacent to an activating group) is 1. The van der Waals surface area contributed by atoms with E-state index in [2.05, 4.69) is 22.1 Å². The fraction of sp³-hybridized carbons (Fsp3) is 0.750. The van der Waals surface area contributed by atoms with Crippen molar-refractivity contribution in [2.24, 2.45) is 0 Å². The van der Waals surface area contributed by atoms with Crippen molar-refractivity contribution in [1.82, 2.24) is 15.5 Å². The van der Waals surface area contributed by atoms with Gasteiger partial charge in [-0.15, -0.1) is 6.58 Å². The van der Waals surface area contributed by atoms with E-state index >= 15 is 0 Å². The standard InChI is InChI=1S/C12H23N3O/c1-4-7-14-12(16)10(2)15-8-5-6-11(9-15)13-3/h4,10-11,13H,1,5-9H2,2-3H3,(H,14,16). The molecule has 0 spiro atoms. The highest BCUT2D eigenvalue weighted by Crippen LogP contribution is 2.12. The molecular formula is C12H23N3O. The van der Waals surface area contributed by atoms with Crippen LogP contribution in [0, 0.1) is 0 Å². The molecule has 2 atom stereocenters.